The van der Waals surface area contributed by atoms with E-state index in [4.69, 9.17) is 13.9 Å². The maximum absolute atomic E-state index is 13.5. The quantitative estimate of drug-likeness (QED) is 0.366. The van der Waals surface area contributed by atoms with Gasteiger partial charge in [0.2, 0.25) is 5.78 Å². The highest BCUT2D eigenvalue weighted by Crippen LogP contribution is 2.42. The van der Waals surface area contributed by atoms with Crippen LogP contribution in [0.15, 0.2) is 64.8 Å². The molecule has 1 aliphatic heterocycles. The molecule has 3 aromatic rings. The smallest absolute Gasteiger partial charge is 0.290 e. The predicted octanol–water partition coefficient (Wildman–Crippen LogP) is 4.64. The zero-order chi connectivity index (χ0) is 25.7. The molecule has 1 unspecified atom stereocenters. The number of ketones is 1. The van der Waals surface area contributed by atoms with E-state index in [2.05, 4.69) is 4.98 Å². The Labute approximate surface area is 209 Å². The van der Waals surface area contributed by atoms with Gasteiger partial charge in [-0.2, -0.15) is 0 Å². The first-order valence-electron chi connectivity index (χ1n) is 12.1. The molecule has 0 aliphatic carbocycles. The van der Waals surface area contributed by atoms with E-state index < -0.39 is 23.5 Å². The summed E-state index contributed by atoms with van der Waals surface area (Å²) in [5.41, 5.74) is 0.621. The summed E-state index contributed by atoms with van der Waals surface area (Å²) in [6.07, 6.45) is 6.68. The molecule has 1 aromatic carbocycles. The summed E-state index contributed by atoms with van der Waals surface area (Å²) >= 11 is 0. The van der Waals surface area contributed by atoms with E-state index in [1.54, 1.807) is 49.8 Å². The Kier molecular flexibility index (Phi) is 7.77. The number of amides is 1. The molecule has 2 aromatic heterocycles. The van der Waals surface area contributed by atoms with Crippen LogP contribution in [0.1, 0.15) is 54.6 Å². The van der Waals surface area contributed by atoms with Crippen LogP contribution in [0, 0.1) is 6.92 Å². The second-order valence-corrected chi connectivity index (χ2v) is 8.54. The number of aryl methyl sites for hydroxylation is 2. The number of benzene rings is 1. The molecule has 0 spiro atoms. The van der Waals surface area contributed by atoms with Gasteiger partial charge in [0.05, 0.1) is 31.2 Å². The summed E-state index contributed by atoms with van der Waals surface area (Å²) in [5, 5.41) is 10.9. The van der Waals surface area contributed by atoms with Crippen molar-refractivity contribution >= 4 is 11.7 Å². The van der Waals surface area contributed by atoms with Gasteiger partial charge in [-0.25, -0.2) is 4.98 Å². The van der Waals surface area contributed by atoms with Gasteiger partial charge >= 0.3 is 0 Å². The Balaban J connectivity index is 1.71. The number of aliphatic hydroxyl groups excluding tert-OH is 1. The van der Waals surface area contributed by atoms with E-state index in [9.17, 15) is 14.7 Å². The SMILES string of the molecule is CCCOc1ccc(C2C(C(=O)c3ccc(C)o3)=C(O)C(=O)N2CCCn2ccnc2)cc1OCC. The molecule has 36 heavy (non-hydrogen) atoms. The van der Waals surface area contributed by atoms with E-state index in [-0.39, 0.29) is 11.3 Å². The van der Waals surface area contributed by atoms with Crippen molar-refractivity contribution in [3.05, 3.63) is 77.5 Å². The van der Waals surface area contributed by atoms with Crippen molar-refractivity contribution in [2.75, 3.05) is 19.8 Å². The summed E-state index contributed by atoms with van der Waals surface area (Å²) in [6, 6.07) is 7.76. The Morgan fingerprint density at radius 3 is 2.64 bits per heavy atom. The summed E-state index contributed by atoms with van der Waals surface area (Å²) < 4.78 is 19.1. The summed E-state index contributed by atoms with van der Waals surface area (Å²) in [6.45, 7) is 7.52. The highest BCUT2D eigenvalue weighted by atomic mass is 16.5. The second kappa shape index (κ2) is 11.2. The molecule has 0 bridgehead atoms. The van der Waals surface area contributed by atoms with Gasteiger partial charge in [0.15, 0.2) is 23.0 Å². The van der Waals surface area contributed by atoms with Crippen LogP contribution in [0.4, 0.5) is 0 Å². The van der Waals surface area contributed by atoms with Crippen LogP contribution in [0.5, 0.6) is 11.5 Å². The molecule has 0 radical (unpaired) electrons. The minimum absolute atomic E-state index is 0.0124. The lowest BCUT2D eigenvalue weighted by molar-refractivity contribution is -0.129. The van der Waals surface area contributed by atoms with Crippen LogP contribution in [-0.4, -0.2) is 51.0 Å². The number of nitrogens with zero attached hydrogens (tertiary/aromatic N) is 3. The number of furan rings is 1. The third kappa shape index (κ3) is 5.15. The highest BCUT2D eigenvalue weighted by Gasteiger charge is 2.44. The maximum atomic E-state index is 13.5. The number of aromatic nitrogens is 2. The number of aliphatic hydroxyl groups is 1. The number of carbonyl (C=O) groups excluding carboxylic acids is 2. The average molecular weight is 494 g/mol. The zero-order valence-corrected chi connectivity index (χ0v) is 20.8. The number of imidazole rings is 1. The fourth-order valence-corrected chi connectivity index (χ4v) is 4.29. The standard InChI is InChI=1S/C27H31N3O6/c1-4-15-35-20-10-8-19(16-22(20)34-5-2)24-23(25(31)21-9-7-18(3)36-21)26(32)27(33)30(24)13-6-12-29-14-11-28-17-29/h7-11,14,16-17,24,32H,4-6,12-13,15H2,1-3H3. The molecule has 3 heterocycles. The van der Waals surface area contributed by atoms with Crippen molar-refractivity contribution in [3.8, 4) is 11.5 Å². The van der Waals surface area contributed by atoms with Gasteiger partial charge in [-0.15, -0.1) is 0 Å². The van der Waals surface area contributed by atoms with Crippen LogP contribution >= 0.6 is 0 Å². The van der Waals surface area contributed by atoms with Crippen LogP contribution in [-0.2, 0) is 11.3 Å². The lowest BCUT2D eigenvalue weighted by Gasteiger charge is -2.27. The summed E-state index contributed by atoms with van der Waals surface area (Å²) in [7, 11) is 0. The van der Waals surface area contributed by atoms with Gasteiger partial charge in [-0.05, 0) is 56.5 Å². The molecule has 1 atom stereocenters. The molecular weight excluding hydrogens is 462 g/mol. The Morgan fingerprint density at radius 2 is 1.97 bits per heavy atom. The lowest BCUT2D eigenvalue weighted by Crippen LogP contribution is -2.32. The molecule has 4 rings (SSSR count). The number of ether oxygens (including phenoxy) is 2. The third-order valence-corrected chi connectivity index (χ3v) is 5.93. The molecule has 1 amide bonds. The highest BCUT2D eigenvalue weighted by molar-refractivity contribution is 6.15. The van der Waals surface area contributed by atoms with Crippen molar-refractivity contribution < 1.29 is 28.6 Å². The molecule has 0 saturated carbocycles. The van der Waals surface area contributed by atoms with Crippen molar-refractivity contribution in [3.63, 3.8) is 0 Å². The van der Waals surface area contributed by atoms with Crippen molar-refractivity contribution in [2.24, 2.45) is 0 Å². The third-order valence-electron chi connectivity index (χ3n) is 5.93. The van der Waals surface area contributed by atoms with Crippen molar-refractivity contribution in [2.45, 2.75) is 46.2 Å². The fraction of sp³-hybridized carbons (Fsp3) is 0.370. The number of Topliss-reactive ketones (excluding diaryl/α,β-unsaturated/α-hetero) is 1. The molecule has 1 aliphatic rings. The first-order chi connectivity index (χ1) is 17.4. The molecule has 9 heteroatoms. The molecule has 1 N–H and O–H groups in total. The topological polar surface area (TPSA) is 107 Å². The first kappa shape index (κ1) is 25.1. The summed E-state index contributed by atoms with van der Waals surface area (Å²) in [5.74, 6) is 0.0443. The number of hydrogen-bond donors (Lipinski definition) is 1. The van der Waals surface area contributed by atoms with E-state index in [0.717, 1.165) is 6.42 Å². The lowest BCUT2D eigenvalue weighted by atomic mass is 9.94. The average Bonchev–Trinajstić information content (AvgIpc) is 3.60. The number of carbonyl (C=O) groups is 2. The van der Waals surface area contributed by atoms with Crippen molar-refractivity contribution in [1.29, 1.82) is 0 Å². The number of rotatable bonds is 12. The zero-order valence-electron chi connectivity index (χ0n) is 20.8. The van der Waals surface area contributed by atoms with Gasteiger partial charge < -0.3 is 28.5 Å². The Morgan fingerprint density at radius 1 is 1.14 bits per heavy atom. The van der Waals surface area contributed by atoms with Crippen LogP contribution in [0.2, 0.25) is 0 Å². The minimum Gasteiger partial charge on any atom is -0.503 e. The van der Waals surface area contributed by atoms with Gasteiger partial charge in [0.1, 0.15) is 5.76 Å². The van der Waals surface area contributed by atoms with Gasteiger partial charge in [-0.3, -0.25) is 9.59 Å². The van der Waals surface area contributed by atoms with Gasteiger partial charge in [-0.1, -0.05) is 13.0 Å². The molecule has 190 valence electrons. The van der Waals surface area contributed by atoms with Gasteiger partial charge in [0, 0.05) is 25.5 Å². The first-order valence-corrected chi connectivity index (χ1v) is 12.1. The van der Waals surface area contributed by atoms with Crippen LogP contribution < -0.4 is 9.47 Å². The normalized spacial score (nSPS) is 15.6. The van der Waals surface area contributed by atoms with Gasteiger partial charge in [0.25, 0.3) is 5.91 Å². The Bertz CT molecular complexity index is 1240. The van der Waals surface area contributed by atoms with E-state index >= 15 is 0 Å². The Hall–Kier alpha value is -4.01. The van der Waals surface area contributed by atoms with E-state index in [1.807, 2.05) is 24.6 Å². The summed E-state index contributed by atoms with van der Waals surface area (Å²) in [4.78, 5) is 32.2. The van der Waals surface area contributed by atoms with E-state index in [0.29, 0.717) is 55.5 Å². The van der Waals surface area contributed by atoms with Crippen LogP contribution in [0.3, 0.4) is 0 Å². The van der Waals surface area contributed by atoms with Crippen LogP contribution in [0.25, 0.3) is 0 Å². The number of hydrogen-bond acceptors (Lipinski definition) is 7. The van der Waals surface area contributed by atoms with Crippen molar-refractivity contribution in [1.82, 2.24) is 14.5 Å². The molecule has 0 saturated heterocycles. The monoisotopic (exact) mass is 493 g/mol. The fourth-order valence-electron chi connectivity index (χ4n) is 4.29. The van der Waals surface area contributed by atoms with E-state index in [1.165, 1.54) is 4.90 Å². The second-order valence-electron chi connectivity index (χ2n) is 8.54. The maximum Gasteiger partial charge on any atom is 0.290 e. The largest absolute Gasteiger partial charge is 0.503 e. The predicted molar refractivity (Wildman–Crippen MR) is 132 cm³/mol. The molecule has 0 fully saturated rings. The minimum atomic E-state index is -0.808. The molecular formula is C27H31N3O6. The molecule has 9 nitrogen and oxygen atoms in total.